The Labute approximate surface area is 204 Å². The van der Waals surface area contributed by atoms with Crippen LogP contribution in [-0.4, -0.2) is 84.0 Å². The third-order valence-corrected chi connectivity index (χ3v) is 7.77. The molecule has 0 N–H and O–H groups in total. The van der Waals surface area contributed by atoms with Crippen LogP contribution in [0, 0.1) is 0 Å². The third kappa shape index (κ3) is 5.77. The SMILES string of the molecule is CCN(Cc1ccnc(N2CCOCC2)n1)C1CCOC2(CCN(Cc3ccccc3)CC2)C1. The second-order valence-electron chi connectivity index (χ2n) is 9.95. The fraction of sp³-hybridized carbons (Fsp3) is 0.630. The van der Waals surface area contributed by atoms with Gasteiger partial charge in [0.1, 0.15) is 0 Å². The van der Waals surface area contributed by atoms with Gasteiger partial charge >= 0.3 is 0 Å². The van der Waals surface area contributed by atoms with E-state index < -0.39 is 0 Å². The van der Waals surface area contributed by atoms with E-state index in [2.05, 4.69) is 63.0 Å². The standard InChI is InChI=1S/C27H39N5O2/c1-2-31(22-24-8-12-28-26(29-24)32-15-18-33-19-16-32)25-9-17-34-27(20-25)10-13-30(14-11-27)21-23-6-4-3-5-7-23/h3-8,12,25H,2,9-11,13-22H2,1H3. The van der Waals surface area contributed by atoms with Gasteiger partial charge in [-0.3, -0.25) is 9.80 Å². The van der Waals surface area contributed by atoms with Crippen molar-refractivity contribution < 1.29 is 9.47 Å². The summed E-state index contributed by atoms with van der Waals surface area (Å²) in [4.78, 5) is 16.9. The minimum Gasteiger partial charge on any atom is -0.378 e. The van der Waals surface area contributed by atoms with Gasteiger partial charge in [0.25, 0.3) is 0 Å². The Hall–Kier alpha value is -2.06. The van der Waals surface area contributed by atoms with Gasteiger partial charge in [-0.1, -0.05) is 37.3 Å². The number of likely N-dealkylation sites (tertiary alicyclic amines) is 1. The average molecular weight is 466 g/mol. The molecule has 0 saturated carbocycles. The van der Waals surface area contributed by atoms with E-state index in [1.165, 1.54) is 5.56 Å². The number of anilines is 1. The molecule has 1 atom stereocenters. The predicted molar refractivity (Wildman–Crippen MR) is 134 cm³/mol. The first-order valence-corrected chi connectivity index (χ1v) is 13.0. The molecule has 1 aromatic carbocycles. The number of aromatic nitrogens is 2. The summed E-state index contributed by atoms with van der Waals surface area (Å²) in [6, 6.07) is 13.4. The van der Waals surface area contributed by atoms with E-state index in [4.69, 9.17) is 14.5 Å². The molecule has 1 aromatic heterocycles. The van der Waals surface area contributed by atoms with E-state index in [0.29, 0.717) is 6.04 Å². The van der Waals surface area contributed by atoms with Crippen LogP contribution in [0.5, 0.6) is 0 Å². The Morgan fingerprint density at radius 1 is 1.03 bits per heavy atom. The quantitative estimate of drug-likeness (QED) is 0.622. The van der Waals surface area contributed by atoms with E-state index in [9.17, 15) is 0 Å². The zero-order valence-electron chi connectivity index (χ0n) is 20.6. The molecule has 1 spiro atoms. The summed E-state index contributed by atoms with van der Waals surface area (Å²) in [6.07, 6.45) is 6.40. The van der Waals surface area contributed by atoms with E-state index in [-0.39, 0.29) is 5.60 Å². The molecule has 0 radical (unpaired) electrons. The van der Waals surface area contributed by atoms with E-state index in [0.717, 1.165) is 103 Å². The Bertz CT molecular complexity index is 897. The second kappa shape index (κ2) is 11.1. The van der Waals surface area contributed by atoms with Crippen molar-refractivity contribution in [1.29, 1.82) is 0 Å². The number of ether oxygens (including phenoxy) is 2. The van der Waals surface area contributed by atoms with Crippen LogP contribution in [0.3, 0.4) is 0 Å². The van der Waals surface area contributed by atoms with Crippen molar-refractivity contribution >= 4 is 5.95 Å². The second-order valence-corrected chi connectivity index (χ2v) is 9.95. The van der Waals surface area contributed by atoms with Crippen molar-refractivity contribution in [3.63, 3.8) is 0 Å². The molecule has 7 nitrogen and oxygen atoms in total. The van der Waals surface area contributed by atoms with Gasteiger partial charge in [-0.05, 0) is 43.9 Å². The van der Waals surface area contributed by atoms with E-state index >= 15 is 0 Å². The van der Waals surface area contributed by atoms with Crippen LogP contribution in [0.4, 0.5) is 5.95 Å². The molecule has 3 aliphatic heterocycles. The van der Waals surface area contributed by atoms with Crippen molar-refractivity contribution in [2.24, 2.45) is 0 Å². The molecule has 4 heterocycles. The summed E-state index contributed by atoms with van der Waals surface area (Å²) in [5.41, 5.74) is 2.55. The smallest absolute Gasteiger partial charge is 0.225 e. The molecule has 0 bridgehead atoms. The number of benzene rings is 1. The zero-order chi connectivity index (χ0) is 23.2. The predicted octanol–water partition coefficient (Wildman–Crippen LogP) is 3.35. The van der Waals surface area contributed by atoms with Gasteiger partial charge in [-0.2, -0.15) is 0 Å². The lowest BCUT2D eigenvalue weighted by molar-refractivity contribution is -0.134. The number of rotatable bonds is 7. The fourth-order valence-corrected chi connectivity index (χ4v) is 5.72. The van der Waals surface area contributed by atoms with Gasteiger partial charge in [0.05, 0.1) is 24.5 Å². The molecule has 34 heavy (non-hydrogen) atoms. The highest BCUT2D eigenvalue weighted by molar-refractivity contribution is 5.30. The van der Waals surface area contributed by atoms with Crippen LogP contribution >= 0.6 is 0 Å². The van der Waals surface area contributed by atoms with Crippen molar-refractivity contribution in [3.05, 3.63) is 53.9 Å². The molecule has 3 saturated heterocycles. The lowest BCUT2D eigenvalue weighted by Gasteiger charge is -2.48. The topological polar surface area (TPSA) is 54.0 Å². The van der Waals surface area contributed by atoms with Crippen molar-refractivity contribution in [2.75, 3.05) is 57.4 Å². The Morgan fingerprint density at radius 3 is 2.59 bits per heavy atom. The fourth-order valence-electron chi connectivity index (χ4n) is 5.72. The zero-order valence-corrected chi connectivity index (χ0v) is 20.6. The summed E-state index contributed by atoms with van der Waals surface area (Å²) < 4.78 is 12.0. The number of morpholine rings is 1. The maximum Gasteiger partial charge on any atom is 0.225 e. The highest BCUT2D eigenvalue weighted by Gasteiger charge is 2.41. The summed E-state index contributed by atoms with van der Waals surface area (Å²) in [5.74, 6) is 0.839. The molecule has 7 heteroatoms. The first-order valence-electron chi connectivity index (χ1n) is 13.0. The highest BCUT2D eigenvalue weighted by Crippen LogP contribution is 2.37. The lowest BCUT2D eigenvalue weighted by Crippen LogP contribution is -2.53. The van der Waals surface area contributed by atoms with Crippen molar-refractivity contribution in [3.8, 4) is 0 Å². The minimum absolute atomic E-state index is 0.0359. The molecule has 3 aliphatic rings. The minimum atomic E-state index is 0.0359. The maximum absolute atomic E-state index is 6.48. The van der Waals surface area contributed by atoms with Crippen molar-refractivity contribution in [1.82, 2.24) is 19.8 Å². The van der Waals surface area contributed by atoms with Crippen LogP contribution in [-0.2, 0) is 22.6 Å². The van der Waals surface area contributed by atoms with Crippen LogP contribution in [0.1, 0.15) is 43.9 Å². The molecule has 3 fully saturated rings. The van der Waals surface area contributed by atoms with Crippen LogP contribution in [0.2, 0.25) is 0 Å². The molecular weight excluding hydrogens is 426 g/mol. The van der Waals surface area contributed by atoms with Gasteiger partial charge in [0, 0.05) is 58.1 Å². The molecule has 5 rings (SSSR count). The van der Waals surface area contributed by atoms with Gasteiger partial charge in [0.2, 0.25) is 5.95 Å². The first kappa shape index (κ1) is 23.7. The molecule has 0 amide bonds. The maximum atomic E-state index is 6.48. The highest BCUT2D eigenvalue weighted by atomic mass is 16.5. The summed E-state index contributed by atoms with van der Waals surface area (Å²) in [5, 5.41) is 0. The summed E-state index contributed by atoms with van der Waals surface area (Å²) in [6.45, 7) is 11.5. The normalized spacial score (nSPS) is 23.5. The van der Waals surface area contributed by atoms with Crippen molar-refractivity contribution in [2.45, 2.75) is 57.3 Å². The Morgan fingerprint density at radius 2 is 1.82 bits per heavy atom. The van der Waals surface area contributed by atoms with E-state index in [1.54, 1.807) is 0 Å². The van der Waals surface area contributed by atoms with Crippen LogP contribution in [0.15, 0.2) is 42.6 Å². The molecule has 0 aliphatic carbocycles. The monoisotopic (exact) mass is 465 g/mol. The Kier molecular flexibility index (Phi) is 7.74. The molecular formula is C27H39N5O2. The molecule has 1 unspecified atom stereocenters. The average Bonchev–Trinajstić information content (AvgIpc) is 2.90. The van der Waals surface area contributed by atoms with Gasteiger partial charge in [-0.15, -0.1) is 0 Å². The lowest BCUT2D eigenvalue weighted by atomic mass is 9.81. The first-order chi connectivity index (χ1) is 16.7. The number of piperidine rings is 1. The van der Waals surface area contributed by atoms with E-state index in [1.807, 2.05) is 6.20 Å². The summed E-state index contributed by atoms with van der Waals surface area (Å²) in [7, 11) is 0. The van der Waals surface area contributed by atoms with Gasteiger partial charge < -0.3 is 14.4 Å². The number of hydrogen-bond donors (Lipinski definition) is 0. The number of hydrogen-bond acceptors (Lipinski definition) is 7. The Balaban J connectivity index is 1.18. The summed E-state index contributed by atoms with van der Waals surface area (Å²) >= 11 is 0. The van der Waals surface area contributed by atoms with Gasteiger partial charge in [0.15, 0.2) is 0 Å². The third-order valence-electron chi connectivity index (χ3n) is 7.77. The number of nitrogens with zero attached hydrogens (tertiary/aromatic N) is 5. The molecule has 184 valence electrons. The largest absolute Gasteiger partial charge is 0.378 e. The molecule has 2 aromatic rings. The van der Waals surface area contributed by atoms with Crippen LogP contribution < -0.4 is 4.90 Å². The van der Waals surface area contributed by atoms with Crippen LogP contribution in [0.25, 0.3) is 0 Å². The van der Waals surface area contributed by atoms with Gasteiger partial charge in [-0.25, -0.2) is 9.97 Å².